The van der Waals surface area contributed by atoms with E-state index in [1.807, 2.05) is 19.2 Å². The van der Waals surface area contributed by atoms with E-state index in [9.17, 15) is 0 Å². The quantitative estimate of drug-likeness (QED) is 0.925. The summed E-state index contributed by atoms with van der Waals surface area (Å²) in [7, 11) is 3.68. The Morgan fingerprint density at radius 2 is 2.28 bits per heavy atom. The van der Waals surface area contributed by atoms with Gasteiger partial charge in [0.1, 0.15) is 5.75 Å². The molecule has 0 saturated carbocycles. The van der Waals surface area contributed by atoms with E-state index < -0.39 is 0 Å². The van der Waals surface area contributed by atoms with Crippen LogP contribution in [0.25, 0.3) is 0 Å². The smallest absolute Gasteiger partial charge is 0.123 e. The number of likely N-dealkylation sites (N-methyl/N-ethyl adjacent to an activating group) is 1. The number of nitrogens with one attached hydrogen (secondary N) is 1. The fourth-order valence-electron chi connectivity index (χ4n) is 2.52. The van der Waals surface area contributed by atoms with Crippen LogP contribution in [0.1, 0.15) is 30.9 Å². The van der Waals surface area contributed by atoms with Crippen molar-refractivity contribution in [2.24, 2.45) is 0 Å². The van der Waals surface area contributed by atoms with E-state index >= 15 is 0 Å². The fraction of sp³-hybridized carbons (Fsp3) is 0.571. The molecule has 1 aliphatic rings. The summed E-state index contributed by atoms with van der Waals surface area (Å²) in [6.45, 7) is 0.860. The van der Waals surface area contributed by atoms with Gasteiger partial charge in [-0.15, -0.1) is 0 Å². The Morgan fingerprint density at radius 1 is 1.44 bits per heavy atom. The first-order chi connectivity index (χ1) is 8.76. The van der Waals surface area contributed by atoms with E-state index in [1.54, 1.807) is 7.11 Å². The zero-order valence-corrected chi connectivity index (χ0v) is 12.5. The highest BCUT2D eigenvalue weighted by Crippen LogP contribution is 2.33. The van der Waals surface area contributed by atoms with Crippen molar-refractivity contribution in [2.45, 2.75) is 31.4 Å². The highest BCUT2D eigenvalue weighted by atomic mass is 79.9. The van der Waals surface area contributed by atoms with Crippen molar-refractivity contribution in [2.75, 3.05) is 20.8 Å². The van der Waals surface area contributed by atoms with Crippen molar-refractivity contribution >= 4 is 15.9 Å². The van der Waals surface area contributed by atoms with Crippen LogP contribution in [0.15, 0.2) is 22.7 Å². The van der Waals surface area contributed by atoms with Gasteiger partial charge >= 0.3 is 0 Å². The van der Waals surface area contributed by atoms with Gasteiger partial charge in [0.05, 0.1) is 19.3 Å². The summed E-state index contributed by atoms with van der Waals surface area (Å²) in [5.41, 5.74) is 1.15. The van der Waals surface area contributed by atoms with Crippen LogP contribution in [0.5, 0.6) is 5.75 Å². The first kappa shape index (κ1) is 13.8. The summed E-state index contributed by atoms with van der Waals surface area (Å²) >= 11 is 3.52. The molecule has 1 saturated heterocycles. The lowest BCUT2D eigenvalue weighted by Crippen LogP contribution is -2.34. The van der Waals surface area contributed by atoms with Gasteiger partial charge in [0.2, 0.25) is 0 Å². The molecule has 100 valence electrons. The largest absolute Gasteiger partial charge is 0.496 e. The second-order valence-corrected chi connectivity index (χ2v) is 5.47. The first-order valence-corrected chi connectivity index (χ1v) is 7.18. The Hall–Kier alpha value is -0.580. The maximum atomic E-state index is 5.89. The standard InChI is InChI=1S/C14H20BrNO2/c1-16-14(13-5-3-4-8-18-13)11-9-10(15)6-7-12(11)17-2/h6-7,9,13-14,16H,3-5,8H2,1-2H3. The molecule has 18 heavy (non-hydrogen) atoms. The Labute approximate surface area is 117 Å². The molecule has 1 aliphatic heterocycles. The number of hydrogen-bond donors (Lipinski definition) is 1. The highest BCUT2D eigenvalue weighted by molar-refractivity contribution is 9.10. The number of ether oxygens (including phenoxy) is 2. The van der Waals surface area contributed by atoms with Gasteiger partial charge < -0.3 is 14.8 Å². The van der Waals surface area contributed by atoms with Crippen LogP contribution < -0.4 is 10.1 Å². The molecule has 4 heteroatoms. The Kier molecular flexibility index (Phi) is 5.03. The Morgan fingerprint density at radius 3 is 2.89 bits per heavy atom. The molecule has 2 atom stereocenters. The molecule has 3 nitrogen and oxygen atoms in total. The molecule has 0 radical (unpaired) electrons. The molecule has 1 heterocycles. The third kappa shape index (κ3) is 3.05. The van der Waals surface area contributed by atoms with Gasteiger partial charge in [-0.05, 0) is 44.5 Å². The van der Waals surface area contributed by atoms with Crippen molar-refractivity contribution in [3.05, 3.63) is 28.2 Å². The minimum absolute atomic E-state index is 0.178. The van der Waals surface area contributed by atoms with Crippen molar-refractivity contribution < 1.29 is 9.47 Å². The summed E-state index contributed by atoms with van der Waals surface area (Å²) in [4.78, 5) is 0. The summed E-state index contributed by atoms with van der Waals surface area (Å²) in [6, 6.07) is 6.28. The maximum Gasteiger partial charge on any atom is 0.123 e. The number of benzene rings is 1. The van der Waals surface area contributed by atoms with E-state index in [0.717, 1.165) is 28.8 Å². The molecular formula is C14H20BrNO2. The van der Waals surface area contributed by atoms with E-state index in [-0.39, 0.29) is 12.1 Å². The number of methoxy groups -OCH3 is 1. The average molecular weight is 314 g/mol. The third-order valence-electron chi connectivity index (χ3n) is 3.42. The minimum atomic E-state index is 0.178. The first-order valence-electron chi connectivity index (χ1n) is 6.38. The van der Waals surface area contributed by atoms with Gasteiger partial charge in [-0.2, -0.15) is 0 Å². The molecule has 0 bridgehead atoms. The molecule has 1 fully saturated rings. The second kappa shape index (κ2) is 6.55. The molecule has 2 rings (SSSR count). The monoisotopic (exact) mass is 313 g/mol. The number of rotatable bonds is 4. The van der Waals surface area contributed by atoms with Crippen LogP contribution in [-0.2, 0) is 4.74 Å². The summed E-state index contributed by atoms with van der Waals surface area (Å²) in [5, 5.41) is 3.36. The molecule has 0 amide bonds. The molecule has 1 N–H and O–H groups in total. The lowest BCUT2D eigenvalue weighted by molar-refractivity contribution is -0.00706. The van der Waals surface area contributed by atoms with Crippen LogP contribution in [-0.4, -0.2) is 26.9 Å². The maximum absolute atomic E-state index is 5.89. The molecule has 1 aromatic rings. The number of hydrogen-bond acceptors (Lipinski definition) is 3. The highest BCUT2D eigenvalue weighted by Gasteiger charge is 2.27. The van der Waals surface area contributed by atoms with Crippen molar-refractivity contribution in [3.63, 3.8) is 0 Å². The molecule has 0 aromatic heterocycles. The minimum Gasteiger partial charge on any atom is -0.496 e. The van der Waals surface area contributed by atoms with Gasteiger partial charge in [0.15, 0.2) is 0 Å². The third-order valence-corrected chi connectivity index (χ3v) is 3.92. The summed E-state index contributed by atoms with van der Waals surface area (Å²) in [5.74, 6) is 0.909. The number of halogens is 1. The zero-order chi connectivity index (χ0) is 13.0. The second-order valence-electron chi connectivity index (χ2n) is 4.56. The summed E-state index contributed by atoms with van der Waals surface area (Å²) in [6.07, 6.45) is 3.73. The summed E-state index contributed by atoms with van der Waals surface area (Å²) < 4.78 is 12.4. The van der Waals surface area contributed by atoms with Gasteiger partial charge in [-0.25, -0.2) is 0 Å². The van der Waals surface area contributed by atoms with Gasteiger partial charge in [0.25, 0.3) is 0 Å². The fourth-order valence-corrected chi connectivity index (χ4v) is 2.90. The SMILES string of the molecule is CNC(c1cc(Br)ccc1OC)C1CCCCO1. The molecule has 0 aliphatic carbocycles. The van der Waals surface area contributed by atoms with E-state index in [2.05, 4.69) is 27.3 Å². The average Bonchev–Trinajstić information content (AvgIpc) is 2.41. The zero-order valence-electron chi connectivity index (χ0n) is 10.9. The van der Waals surface area contributed by atoms with Gasteiger partial charge in [-0.3, -0.25) is 0 Å². The molecule has 1 aromatic carbocycles. The predicted molar refractivity (Wildman–Crippen MR) is 76.1 cm³/mol. The Bertz CT molecular complexity index is 391. The molecule has 0 spiro atoms. The van der Waals surface area contributed by atoms with Crippen molar-refractivity contribution in [3.8, 4) is 5.75 Å². The van der Waals surface area contributed by atoms with Gasteiger partial charge in [-0.1, -0.05) is 15.9 Å². The molecule has 2 unspecified atom stereocenters. The normalized spacial score (nSPS) is 21.6. The lowest BCUT2D eigenvalue weighted by Gasteiger charge is -2.31. The lowest BCUT2D eigenvalue weighted by atomic mass is 9.95. The van der Waals surface area contributed by atoms with Crippen LogP contribution >= 0.6 is 15.9 Å². The predicted octanol–water partition coefficient (Wildman–Crippen LogP) is 3.29. The molecular weight excluding hydrogens is 294 g/mol. The van der Waals surface area contributed by atoms with Crippen LogP contribution in [0.4, 0.5) is 0 Å². The Balaban J connectivity index is 2.27. The van der Waals surface area contributed by atoms with Crippen LogP contribution in [0.3, 0.4) is 0 Å². The van der Waals surface area contributed by atoms with Gasteiger partial charge in [0, 0.05) is 16.6 Å². The van der Waals surface area contributed by atoms with Crippen molar-refractivity contribution in [1.29, 1.82) is 0 Å². The van der Waals surface area contributed by atoms with E-state index in [4.69, 9.17) is 9.47 Å². The van der Waals surface area contributed by atoms with Crippen LogP contribution in [0, 0.1) is 0 Å². The van der Waals surface area contributed by atoms with E-state index in [1.165, 1.54) is 12.8 Å². The van der Waals surface area contributed by atoms with E-state index in [0.29, 0.717) is 0 Å². The topological polar surface area (TPSA) is 30.5 Å². The van der Waals surface area contributed by atoms with Crippen LogP contribution in [0.2, 0.25) is 0 Å². The van der Waals surface area contributed by atoms with Crippen molar-refractivity contribution in [1.82, 2.24) is 5.32 Å².